The highest BCUT2D eigenvalue weighted by molar-refractivity contribution is 5.23. The van der Waals surface area contributed by atoms with E-state index in [1.54, 1.807) is 0 Å². The number of likely N-dealkylation sites (N-methyl/N-ethyl adjacent to an activating group) is 1. The maximum absolute atomic E-state index is 4.32. The number of hydrogen-bond acceptors (Lipinski definition) is 2. The summed E-state index contributed by atoms with van der Waals surface area (Å²) in [5.74, 6) is 0. The van der Waals surface area contributed by atoms with E-state index in [0.29, 0.717) is 5.41 Å². The van der Waals surface area contributed by atoms with E-state index >= 15 is 0 Å². The van der Waals surface area contributed by atoms with Crippen LogP contribution < -0.4 is 5.32 Å². The Morgan fingerprint density at radius 3 is 2.59 bits per heavy atom. The largest absolute Gasteiger partial charge is 0.316 e. The van der Waals surface area contributed by atoms with Crippen LogP contribution in [0.1, 0.15) is 51.0 Å². The quantitative estimate of drug-likeness (QED) is 0.806. The summed E-state index contributed by atoms with van der Waals surface area (Å²) in [6.45, 7) is 4.35. The van der Waals surface area contributed by atoms with Gasteiger partial charge in [-0.1, -0.05) is 38.7 Å². The van der Waals surface area contributed by atoms with E-state index in [1.807, 2.05) is 6.20 Å². The third-order valence-electron chi connectivity index (χ3n) is 4.05. The first-order valence-electron chi connectivity index (χ1n) is 6.99. The minimum atomic E-state index is 0.334. The van der Waals surface area contributed by atoms with Crippen LogP contribution in [0.5, 0.6) is 0 Å². The number of nitrogens with zero attached hydrogens (tertiary/aromatic N) is 1. The van der Waals surface area contributed by atoms with Crippen LogP contribution >= 0.6 is 0 Å². The lowest BCUT2D eigenvalue weighted by Gasteiger charge is -2.33. The number of pyridine rings is 1. The fraction of sp³-hybridized carbons (Fsp3) is 0.667. The van der Waals surface area contributed by atoms with Gasteiger partial charge in [-0.3, -0.25) is 4.98 Å². The molecule has 1 aromatic heterocycles. The molecule has 0 atom stereocenters. The number of hydrogen-bond donors (Lipinski definition) is 1. The van der Waals surface area contributed by atoms with Crippen LogP contribution in [0, 0.1) is 0 Å². The van der Waals surface area contributed by atoms with Gasteiger partial charge in [-0.25, -0.2) is 0 Å². The molecule has 2 rings (SSSR count). The summed E-state index contributed by atoms with van der Waals surface area (Å²) in [4.78, 5) is 4.32. The average molecular weight is 232 g/mol. The Hall–Kier alpha value is -0.890. The van der Waals surface area contributed by atoms with Gasteiger partial charge < -0.3 is 5.32 Å². The van der Waals surface area contributed by atoms with Crippen molar-refractivity contribution in [3.8, 4) is 0 Å². The number of nitrogens with one attached hydrogen (secondary N) is 1. The van der Waals surface area contributed by atoms with Crippen LogP contribution in [0.25, 0.3) is 0 Å². The minimum absolute atomic E-state index is 0.334. The molecule has 1 fully saturated rings. The zero-order chi connectivity index (χ0) is 12.0. The Kier molecular flexibility index (Phi) is 4.55. The first kappa shape index (κ1) is 12.6. The topological polar surface area (TPSA) is 24.9 Å². The van der Waals surface area contributed by atoms with Crippen LogP contribution in [-0.4, -0.2) is 18.1 Å². The van der Waals surface area contributed by atoms with Crippen LogP contribution in [0.4, 0.5) is 0 Å². The molecule has 0 spiro atoms. The minimum Gasteiger partial charge on any atom is -0.316 e. The van der Waals surface area contributed by atoms with Crippen LogP contribution in [-0.2, 0) is 5.41 Å². The lowest BCUT2D eigenvalue weighted by molar-refractivity contribution is 0.350. The van der Waals surface area contributed by atoms with Gasteiger partial charge in [0.25, 0.3) is 0 Å². The molecule has 0 saturated heterocycles. The van der Waals surface area contributed by atoms with Crippen molar-refractivity contribution in [3.63, 3.8) is 0 Å². The van der Waals surface area contributed by atoms with E-state index in [4.69, 9.17) is 0 Å². The summed E-state index contributed by atoms with van der Waals surface area (Å²) in [6, 6.07) is 4.34. The van der Waals surface area contributed by atoms with Gasteiger partial charge in [-0.15, -0.1) is 0 Å². The molecule has 0 amide bonds. The van der Waals surface area contributed by atoms with Crippen molar-refractivity contribution in [2.45, 2.75) is 50.9 Å². The average Bonchev–Trinajstić information content (AvgIpc) is 2.64. The number of rotatable bonds is 4. The Morgan fingerprint density at radius 1 is 1.24 bits per heavy atom. The maximum atomic E-state index is 4.32. The Bertz CT molecular complexity index is 313. The zero-order valence-corrected chi connectivity index (χ0v) is 10.9. The van der Waals surface area contributed by atoms with Crippen molar-refractivity contribution >= 4 is 0 Å². The molecule has 1 aliphatic carbocycles. The second kappa shape index (κ2) is 6.15. The van der Waals surface area contributed by atoms with Crippen molar-refractivity contribution in [2.24, 2.45) is 0 Å². The van der Waals surface area contributed by atoms with E-state index in [2.05, 4.69) is 35.6 Å². The molecule has 1 heterocycles. The van der Waals surface area contributed by atoms with E-state index < -0.39 is 0 Å². The highest BCUT2D eigenvalue weighted by atomic mass is 14.9. The summed E-state index contributed by atoms with van der Waals surface area (Å²) < 4.78 is 0. The summed E-state index contributed by atoms with van der Waals surface area (Å²) >= 11 is 0. The Balaban J connectivity index is 2.21. The van der Waals surface area contributed by atoms with Crippen molar-refractivity contribution in [1.29, 1.82) is 0 Å². The van der Waals surface area contributed by atoms with Gasteiger partial charge in [0, 0.05) is 24.4 Å². The van der Waals surface area contributed by atoms with Gasteiger partial charge in [-0.2, -0.15) is 0 Å². The molecule has 0 aromatic carbocycles. The lowest BCUT2D eigenvalue weighted by atomic mass is 9.75. The first-order chi connectivity index (χ1) is 8.37. The predicted molar refractivity (Wildman–Crippen MR) is 72.2 cm³/mol. The van der Waals surface area contributed by atoms with Crippen molar-refractivity contribution < 1.29 is 0 Å². The maximum Gasteiger partial charge on any atom is 0.0306 e. The summed E-state index contributed by atoms with van der Waals surface area (Å²) in [5, 5.41) is 3.56. The van der Waals surface area contributed by atoms with E-state index in [-0.39, 0.29) is 0 Å². The van der Waals surface area contributed by atoms with Gasteiger partial charge in [-0.05, 0) is 31.0 Å². The molecule has 94 valence electrons. The molecular formula is C15H24N2. The Labute approximate surface area is 105 Å². The van der Waals surface area contributed by atoms with Crippen LogP contribution in [0.3, 0.4) is 0 Å². The van der Waals surface area contributed by atoms with Gasteiger partial charge in [0.2, 0.25) is 0 Å². The highest BCUT2D eigenvalue weighted by Gasteiger charge is 2.32. The van der Waals surface area contributed by atoms with E-state index in [1.165, 1.54) is 44.1 Å². The second-order valence-corrected chi connectivity index (χ2v) is 5.22. The molecular weight excluding hydrogens is 208 g/mol. The van der Waals surface area contributed by atoms with Crippen molar-refractivity contribution in [2.75, 3.05) is 13.1 Å². The van der Waals surface area contributed by atoms with Crippen LogP contribution in [0.2, 0.25) is 0 Å². The first-order valence-corrected chi connectivity index (χ1v) is 6.99. The molecule has 0 radical (unpaired) electrons. The van der Waals surface area contributed by atoms with E-state index in [0.717, 1.165) is 13.1 Å². The molecule has 0 unspecified atom stereocenters. The number of aromatic nitrogens is 1. The standard InChI is InChI=1S/C15H24N2/c1-2-16-13-15(9-5-3-4-6-10-15)14-8-7-11-17-12-14/h7-8,11-12,16H,2-6,9-10,13H2,1H3. The van der Waals surface area contributed by atoms with Gasteiger partial charge in [0.15, 0.2) is 0 Å². The van der Waals surface area contributed by atoms with Gasteiger partial charge in [0.05, 0.1) is 0 Å². The fourth-order valence-electron chi connectivity index (χ4n) is 3.01. The third kappa shape index (κ3) is 3.06. The van der Waals surface area contributed by atoms with E-state index in [9.17, 15) is 0 Å². The molecule has 2 heteroatoms. The Morgan fingerprint density at radius 2 is 2.00 bits per heavy atom. The summed E-state index contributed by atoms with van der Waals surface area (Å²) in [5.41, 5.74) is 1.77. The molecule has 17 heavy (non-hydrogen) atoms. The molecule has 1 N–H and O–H groups in total. The molecule has 1 aromatic rings. The molecule has 1 saturated carbocycles. The molecule has 1 aliphatic rings. The molecule has 2 nitrogen and oxygen atoms in total. The normalized spacial score (nSPS) is 19.8. The molecule has 0 aliphatic heterocycles. The molecule has 0 bridgehead atoms. The van der Waals surface area contributed by atoms with Crippen molar-refractivity contribution in [3.05, 3.63) is 30.1 Å². The third-order valence-corrected chi connectivity index (χ3v) is 4.05. The fourth-order valence-corrected chi connectivity index (χ4v) is 3.01. The monoisotopic (exact) mass is 232 g/mol. The smallest absolute Gasteiger partial charge is 0.0306 e. The van der Waals surface area contributed by atoms with Gasteiger partial charge in [0.1, 0.15) is 0 Å². The summed E-state index contributed by atoms with van der Waals surface area (Å²) in [7, 11) is 0. The highest BCUT2D eigenvalue weighted by Crippen LogP contribution is 2.37. The zero-order valence-electron chi connectivity index (χ0n) is 10.9. The lowest BCUT2D eigenvalue weighted by Crippen LogP contribution is -2.38. The SMILES string of the molecule is CCNCC1(c2cccnc2)CCCCCC1. The predicted octanol–water partition coefficient (Wildman–Crippen LogP) is 3.28. The van der Waals surface area contributed by atoms with Crippen molar-refractivity contribution in [1.82, 2.24) is 10.3 Å². The second-order valence-electron chi connectivity index (χ2n) is 5.22. The van der Waals surface area contributed by atoms with Gasteiger partial charge >= 0.3 is 0 Å². The van der Waals surface area contributed by atoms with Crippen LogP contribution in [0.15, 0.2) is 24.5 Å². The summed E-state index contributed by atoms with van der Waals surface area (Å²) in [6.07, 6.45) is 12.1.